The maximum Gasteiger partial charge on any atom is 0.313 e. The van der Waals surface area contributed by atoms with E-state index < -0.39 is 11.8 Å². The third-order valence-corrected chi connectivity index (χ3v) is 4.85. The van der Waals surface area contributed by atoms with Crippen LogP contribution in [0.5, 0.6) is 0 Å². The standard InChI is InChI=1S/C20H26N6O2/c1-25(2)17-6-4-16(5-7-17)24-19(28)18(27)23-14-15-8-12-26(13-9-15)20-21-10-3-11-22-20/h3-7,10-11,15H,8-9,12-14H2,1-2H3,(H,23,27)(H,24,28). The first kappa shape index (κ1) is 19.6. The van der Waals surface area contributed by atoms with E-state index in [-0.39, 0.29) is 0 Å². The molecular formula is C20H26N6O2. The van der Waals surface area contributed by atoms with Gasteiger partial charge >= 0.3 is 11.8 Å². The van der Waals surface area contributed by atoms with Crippen LogP contribution in [0, 0.1) is 5.92 Å². The number of carbonyl (C=O) groups excluding carboxylic acids is 2. The van der Waals surface area contributed by atoms with E-state index in [0.29, 0.717) is 18.2 Å². The molecule has 1 fully saturated rings. The number of anilines is 3. The van der Waals surface area contributed by atoms with Crippen LogP contribution in [0.25, 0.3) is 0 Å². The molecule has 28 heavy (non-hydrogen) atoms. The maximum absolute atomic E-state index is 12.1. The highest BCUT2D eigenvalue weighted by atomic mass is 16.2. The van der Waals surface area contributed by atoms with Crippen molar-refractivity contribution in [2.45, 2.75) is 12.8 Å². The highest BCUT2D eigenvalue weighted by Gasteiger charge is 2.22. The second kappa shape index (κ2) is 9.16. The van der Waals surface area contributed by atoms with Crippen LogP contribution in [0.15, 0.2) is 42.7 Å². The van der Waals surface area contributed by atoms with Crippen LogP contribution in [-0.2, 0) is 9.59 Å². The van der Waals surface area contributed by atoms with Crippen LogP contribution in [0.3, 0.4) is 0 Å². The Balaban J connectivity index is 1.41. The highest BCUT2D eigenvalue weighted by Crippen LogP contribution is 2.19. The fourth-order valence-electron chi connectivity index (χ4n) is 3.14. The number of carbonyl (C=O) groups is 2. The SMILES string of the molecule is CN(C)c1ccc(NC(=O)C(=O)NCC2CCN(c3ncccn3)CC2)cc1. The number of piperidine rings is 1. The number of nitrogens with one attached hydrogen (secondary N) is 2. The lowest BCUT2D eigenvalue weighted by molar-refractivity contribution is -0.136. The van der Waals surface area contributed by atoms with Gasteiger partial charge in [-0.25, -0.2) is 9.97 Å². The first-order valence-corrected chi connectivity index (χ1v) is 9.41. The van der Waals surface area contributed by atoms with E-state index in [4.69, 9.17) is 0 Å². The van der Waals surface area contributed by atoms with Gasteiger partial charge in [0.1, 0.15) is 0 Å². The predicted molar refractivity (Wildman–Crippen MR) is 109 cm³/mol. The first-order valence-electron chi connectivity index (χ1n) is 9.41. The van der Waals surface area contributed by atoms with Gasteiger partial charge in [0.15, 0.2) is 0 Å². The van der Waals surface area contributed by atoms with Crippen molar-refractivity contribution in [3.63, 3.8) is 0 Å². The Hall–Kier alpha value is -3.16. The first-order chi connectivity index (χ1) is 13.5. The molecule has 8 heteroatoms. The van der Waals surface area contributed by atoms with Gasteiger partial charge in [-0.15, -0.1) is 0 Å². The fraction of sp³-hybridized carbons (Fsp3) is 0.400. The average Bonchev–Trinajstić information content (AvgIpc) is 2.73. The predicted octanol–water partition coefficient (Wildman–Crippen LogP) is 1.51. The van der Waals surface area contributed by atoms with Crippen molar-refractivity contribution < 1.29 is 9.59 Å². The van der Waals surface area contributed by atoms with E-state index in [2.05, 4.69) is 25.5 Å². The van der Waals surface area contributed by atoms with E-state index in [0.717, 1.165) is 37.6 Å². The number of benzene rings is 1. The number of amides is 2. The van der Waals surface area contributed by atoms with Crippen molar-refractivity contribution in [1.29, 1.82) is 0 Å². The molecule has 1 saturated heterocycles. The second-order valence-electron chi connectivity index (χ2n) is 7.08. The Morgan fingerprint density at radius 2 is 1.71 bits per heavy atom. The topological polar surface area (TPSA) is 90.5 Å². The normalized spacial score (nSPS) is 14.4. The lowest BCUT2D eigenvalue weighted by Gasteiger charge is -2.31. The largest absolute Gasteiger partial charge is 0.378 e. The van der Waals surface area contributed by atoms with Crippen molar-refractivity contribution in [3.8, 4) is 0 Å². The minimum absolute atomic E-state index is 0.344. The zero-order valence-corrected chi connectivity index (χ0v) is 16.3. The molecule has 1 aliphatic rings. The molecule has 2 amide bonds. The molecule has 0 radical (unpaired) electrons. The molecule has 2 aromatic rings. The van der Waals surface area contributed by atoms with Crippen molar-refractivity contribution >= 4 is 29.1 Å². The van der Waals surface area contributed by atoms with Gasteiger partial charge in [0.25, 0.3) is 0 Å². The molecule has 0 atom stereocenters. The van der Waals surface area contributed by atoms with Crippen LogP contribution in [0.1, 0.15) is 12.8 Å². The molecule has 2 N–H and O–H groups in total. The summed E-state index contributed by atoms with van der Waals surface area (Å²) in [7, 11) is 3.89. The molecule has 3 rings (SSSR count). The summed E-state index contributed by atoms with van der Waals surface area (Å²) in [6, 6.07) is 9.13. The Morgan fingerprint density at radius 3 is 2.32 bits per heavy atom. The van der Waals surface area contributed by atoms with Crippen molar-refractivity contribution in [3.05, 3.63) is 42.7 Å². The molecule has 1 aromatic carbocycles. The molecule has 1 aliphatic heterocycles. The average molecular weight is 382 g/mol. The maximum atomic E-state index is 12.1. The third-order valence-electron chi connectivity index (χ3n) is 4.85. The molecule has 0 bridgehead atoms. The van der Waals surface area contributed by atoms with Gasteiger partial charge in [-0.2, -0.15) is 0 Å². The van der Waals surface area contributed by atoms with E-state index >= 15 is 0 Å². The minimum Gasteiger partial charge on any atom is -0.378 e. The fourth-order valence-corrected chi connectivity index (χ4v) is 3.14. The van der Waals surface area contributed by atoms with E-state index in [1.807, 2.05) is 31.1 Å². The number of aromatic nitrogens is 2. The number of hydrogen-bond acceptors (Lipinski definition) is 6. The summed E-state index contributed by atoms with van der Waals surface area (Å²) in [5.41, 5.74) is 1.62. The second-order valence-corrected chi connectivity index (χ2v) is 7.08. The summed E-state index contributed by atoms with van der Waals surface area (Å²) in [5.74, 6) is -0.168. The van der Waals surface area contributed by atoms with Gasteiger partial charge in [-0.05, 0) is 49.1 Å². The van der Waals surface area contributed by atoms with Crippen LogP contribution in [0.2, 0.25) is 0 Å². The quantitative estimate of drug-likeness (QED) is 0.762. The van der Waals surface area contributed by atoms with Gasteiger partial charge in [-0.3, -0.25) is 9.59 Å². The van der Waals surface area contributed by atoms with E-state index in [1.54, 1.807) is 30.6 Å². The Kier molecular flexibility index (Phi) is 6.41. The lowest BCUT2D eigenvalue weighted by atomic mass is 9.97. The van der Waals surface area contributed by atoms with E-state index in [1.165, 1.54) is 0 Å². The zero-order valence-electron chi connectivity index (χ0n) is 16.3. The molecule has 0 spiro atoms. The summed E-state index contributed by atoms with van der Waals surface area (Å²) in [6.45, 7) is 2.18. The molecule has 0 unspecified atom stereocenters. The Bertz CT molecular complexity index is 786. The molecule has 0 aliphatic carbocycles. The highest BCUT2D eigenvalue weighted by molar-refractivity contribution is 6.39. The Morgan fingerprint density at radius 1 is 1.07 bits per heavy atom. The molecule has 8 nitrogen and oxygen atoms in total. The Labute approximate surface area is 165 Å². The summed E-state index contributed by atoms with van der Waals surface area (Å²) in [5, 5.41) is 5.38. The van der Waals surface area contributed by atoms with E-state index in [9.17, 15) is 9.59 Å². The van der Waals surface area contributed by atoms with Crippen molar-refractivity contribution in [2.24, 2.45) is 5.92 Å². The zero-order chi connectivity index (χ0) is 19.9. The monoisotopic (exact) mass is 382 g/mol. The van der Waals surface area contributed by atoms with Crippen molar-refractivity contribution in [2.75, 3.05) is 48.8 Å². The minimum atomic E-state index is -0.646. The van der Waals surface area contributed by atoms with Gasteiger partial charge in [0, 0.05) is 57.5 Å². The number of nitrogens with zero attached hydrogens (tertiary/aromatic N) is 4. The smallest absolute Gasteiger partial charge is 0.313 e. The van der Waals surface area contributed by atoms with Gasteiger partial charge in [0.2, 0.25) is 5.95 Å². The molecule has 0 saturated carbocycles. The van der Waals surface area contributed by atoms with Crippen molar-refractivity contribution in [1.82, 2.24) is 15.3 Å². The van der Waals surface area contributed by atoms with Gasteiger partial charge in [0.05, 0.1) is 0 Å². The molecule has 148 valence electrons. The van der Waals surface area contributed by atoms with Crippen LogP contribution in [-0.4, -0.2) is 55.5 Å². The molecule has 2 heterocycles. The molecular weight excluding hydrogens is 356 g/mol. The van der Waals surface area contributed by atoms with Crippen LogP contribution < -0.4 is 20.4 Å². The van der Waals surface area contributed by atoms with Crippen LogP contribution >= 0.6 is 0 Å². The number of rotatable bonds is 5. The lowest BCUT2D eigenvalue weighted by Crippen LogP contribution is -2.42. The third kappa shape index (κ3) is 5.18. The van der Waals surface area contributed by atoms with Gasteiger partial charge in [-0.1, -0.05) is 0 Å². The van der Waals surface area contributed by atoms with Gasteiger partial charge < -0.3 is 20.4 Å². The summed E-state index contributed by atoms with van der Waals surface area (Å²) in [4.78, 5) is 36.8. The summed E-state index contributed by atoms with van der Waals surface area (Å²) in [6.07, 6.45) is 5.32. The summed E-state index contributed by atoms with van der Waals surface area (Å²) >= 11 is 0. The number of hydrogen-bond donors (Lipinski definition) is 2. The molecule has 1 aromatic heterocycles. The summed E-state index contributed by atoms with van der Waals surface area (Å²) < 4.78 is 0. The van der Waals surface area contributed by atoms with Crippen LogP contribution in [0.4, 0.5) is 17.3 Å².